The summed E-state index contributed by atoms with van der Waals surface area (Å²) in [4.78, 5) is 7.22. The molecule has 2 heterocycles. The normalized spacial score (nSPS) is 17.4. The second-order valence-corrected chi connectivity index (χ2v) is 6.25. The molecule has 1 aliphatic rings. The van der Waals surface area contributed by atoms with E-state index in [1.165, 1.54) is 0 Å². The van der Waals surface area contributed by atoms with Gasteiger partial charge in [-0.1, -0.05) is 44.2 Å². The van der Waals surface area contributed by atoms with E-state index in [0.29, 0.717) is 11.7 Å². The molecule has 1 unspecified atom stereocenters. The molecular weight excluding hydrogens is 288 g/mol. The average molecular weight is 312 g/mol. The first kappa shape index (κ1) is 16.0. The zero-order chi connectivity index (χ0) is 16.2. The predicted molar refractivity (Wildman–Crippen MR) is 90.2 cm³/mol. The molecule has 0 bridgehead atoms. The van der Waals surface area contributed by atoms with Crippen LogP contribution in [-0.2, 0) is 4.74 Å². The number of aromatic nitrogens is 3. The maximum atomic E-state index is 5.45. The van der Waals surface area contributed by atoms with Gasteiger partial charge in [-0.05, 0) is 12.8 Å². The third-order valence-electron chi connectivity index (χ3n) is 4.31. The van der Waals surface area contributed by atoms with Crippen molar-refractivity contribution >= 4 is 0 Å². The van der Waals surface area contributed by atoms with Gasteiger partial charge in [0.05, 0.1) is 24.9 Å². The van der Waals surface area contributed by atoms with Gasteiger partial charge in [0.15, 0.2) is 5.82 Å². The first-order valence-electron chi connectivity index (χ1n) is 8.28. The van der Waals surface area contributed by atoms with Crippen LogP contribution in [0.1, 0.15) is 44.1 Å². The smallest absolute Gasteiger partial charge is 0.182 e. The largest absolute Gasteiger partial charge is 0.379 e. The lowest BCUT2D eigenvalue weighted by atomic mass is 10.0. The number of hydrogen-bond acceptors (Lipinski definition) is 5. The number of benzene rings is 1. The fourth-order valence-corrected chi connectivity index (χ4v) is 2.92. The molecule has 1 fully saturated rings. The summed E-state index contributed by atoms with van der Waals surface area (Å²) in [6.07, 6.45) is 0. The second kappa shape index (κ2) is 7.15. The Balaban J connectivity index is 1.94. The van der Waals surface area contributed by atoms with Crippen LogP contribution in [0.15, 0.2) is 30.3 Å². The van der Waals surface area contributed by atoms with Gasteiger partial charge < -0.3 is 4.74 Å². The Bertz CT molecular complexity index is 639. The minimum absolute atomic E-state index is 0.209. The quantitative estimate of drug-likeness (QED) is 0.868. The van der Waals surface area contributed by atoms with E-state index in [-0.39, 0.29) is 6.04 Å². The van der Waals surface area contributed by atoms with Gasteiger partial charge in [-0.2, -0.15) is 0 Å². The molecule has 1 aromatic carbocycles. The first-order chi connectivity index (χ1) is 11.2. The van der Waals surface area contributed by atoms with Crippen molar-refractivity contribution in [2.75, 3.05) is 26.3 Å². The van der Waals surface area contributed by atoms with E-state index in [9.17, 15) is 0 Å². The summed E-state index contributed by atoms with van der Waals surface area (Å²) in [5.74, 6) is 1.01. The lowest BCUT2D eigenvalue weighted by Crippen LogP contribution is -2.38. The van der Waals surface area contributed by atoms with Crippen LogP contribution in [0.5, 0.6) is 0 Å². The lowest BCUT2D eigenvalue weighted by molar-refractivity contribution is 0.0185. The van der Waals surface area contributed by atoms with Gasteiger partial charge in [-0.15, -0.1) is 10.2 Å². The fraction of sp³-hybridized carbons (Fsp3) is 0.500. The molecule has 1 aliphatic heterocycles. The van der Waals surface area contributed by atoms with E-state index in [4.69, 9.17) is 9.72 Å². The number of morpholine rings is 1. The SMILES string of the molecule is CC(C)c1nc(-c2ccccc2)nnc1C(C)N1CCOCC1. The molecule has 23 heavy (non-hydrogen) atoms. The molecule has 0 radical (unpaired) electrons. The zero-order valence-electron chi connectivity index (χ0n) is 14.1. The highest BCUT2D eigenvalue weighted by atomic mass is 16.5. The third kappa shape index (κ3) is 3.57. The summed E-state index contributed by atoms with van der Waals surface area (Å²) < 4.78 is 5.45. The molecule has 122 valence electrons. The number of ether oxygens (including phenoxy) is 1. The second-order valence-electron chi connectivity index (χ2n) is 6.25. The van der Waals surface area contributed by atoms with E-state index in [2.05, 4.69) is 35.9 Å². The standard InChI is InChI=1S/C18H24N4O/c1-13(2)16-17(14(3)22-9-11-23-12-10-22)20-21-18(19-16)15-7-5-4-6-8-15/h4-8,13-14H,9-12H2,1-3H3. The van der Waals surface area contributed by atoms with Gasteiger partial charge in [0.25, 0.3) is 0 Å². The summed E-state index contributed by atoms with van der Waals surface area (Å²) in [6.45, 7) is 9.93. The van der Waals surface area contributed by atoms with Crippen LogP contribution in [0.3, 0.4) is 0 Å². The molecule has 1 aromatic heterocycles. The third-order valence-corrected chi connectivity index (χ3v) is 4.31. The van der Waals surface area contributed by atoms with E-state index < -0.39 is 0 Å². The minimum Gasteiger partial charge on any atom is -0.379 e. The molecule has 0 saturated carbocycles. The van der Waals surface area contributed by atoms with Crippen LogP contribution in [0.2, 0.25) is 0 Å². The lowest BCUT2D eigenvalue weighted by Gasteiger charge is -2.32. The predicted octanol–water partition coefficient (Wildman–Crippen LogP) is 3.06. The molecular formula is C18H24N4O. The molecule has 0 aliphatic carbocycles. The molecule has 0 amide bonds. The van der Waals surface area contributed by atoms with E-state index >= 15 is 0 Å². The van der Waals surface area contributed by atoms with Crippen molar-refractivity contribution in [1.82, 2.24) is 20.1 Å². The highest BCUT2D eigenvalue weighted by molar-refractivity contribution is 5.54. The zero-order valence-corrected chi connectivity index (χ0v) is 14.1. The molecule has 2 aromatic rings. The molecule has 5 nitrogen and oxygen atoms in total. The van der Waals surface area contributed by atoms with Gasteiger partial charge in [-0.25, -0.2) is 4.98 Å². The van der Waals surface area contributed by atoms with E-state index in [1.807, 2.05) is 30.3 Å². The van der Waals surface area contributed by atoms with Crippen molar-refractivity contribution in [2.24, 2.45) is 0 Å². The van der Waals surface area contributed by atoms with Crippen molar-refractivity contribution < 1.29 is 4.74 Å². The van der Waals surface area contributed by atoms with Crippen LogP contribution >= 0.6 is 0 Å². The van der Waals surface area contributed by atoms with Gasteiger partial charge in [0.2, 0.25) is 0 Å². The summed E-state index contributed by atoms with van der Waals surface area (Å²) in [5.41, 5.74) is 3.03. The topological polar surface area (TPSA) is 51.1 Å². The van der Waals surface area contributed by atoms with Crippen molar-refractivity contribution in [1.29, 1.82) is 0 Å². The Morgan fingerprint density at radius 2 is 1.65 bits per heavy atom. The Hall–Kier alpha value is -1.85. The first-order valence-corrected chi connectivity index (χ1v) is 8.28. The van der Waals surface area contributed by atoms with Gasteiger partial charge >= 0.3 is 0 Å². The highest BCUT2D eigenvalue weighted by Crippen LogP contribution is 2.27. The molecule has 5 heteroatoms. The Morgan fingerprint density at radius 3 is 2.30 bits per heavy atom. The summed E-state index contributed by atoms with van der Waals surface area (Å²) in [5, 5.41) is 8.95. The van der Waals surface area contributed by atoms with Crippen molar-refractivity contribution in [3.63, 3.8) is 0 Å². The average Bonchev–Trinajstić information content (AvgIpc) is 2.62. The van der Waals surface area contributed by atoms with E-state index in [1.54, 1.807) is 0 Å². The maximum absolute atomic E-state index is 5.45. The van der Waals surface area contributed by atoms with Crippen LogP contribution in [0.25, 0.3) is 11.4 Å². The monoisotopic (exact) mass is 312 g/mol. The summed E-state index contributed by atoms with van der Waals surface area (Å²) >= 11 is 0. The maximum Gasteiger partial charge on any atom is 0.182 e. The molecule has 3 rings (SSSR count). The molecule has 1 atom stereocenters. The van der Waals surface area contributed by atoms with Gasteiger partial charge in [0, 0.05) is 18.7 Å². The van der Waals surface area contributed by atoms with Crippen LogP contribution in [-0.4, -0.2) is 46.4 Å². The number of nitrogens with zero attached hydrogens (tertiary/aromatic N) is 4. The minimum atomic E-state index is 0.209. The Morgan fingerprint density at radius 1 is 0.957 bits per heavy atom. The van der Waals surface area contributed by atoms with Crippen molar-refractivity contribution in [3.8, 4) is 11.4 Å². The van der Waals surface area contributed by atoms with Crippen molar-refractivity contribution in [3.05, 3.63) is 41.7 Å². The van der Waals surface area contributed by atoms with Crippen LogP contribution in [0, 0.1) is 0 Å². The number of rotatable bonds is 4. The fourth-order valence-electron chi connectivity index (χ4n) is 2.92. The van der Waals surface area contributed by atoms with E-state index in [0.717, 1.165) is 43.3 Å². The summed E-state index contributed by atoms with van der Waals surface area (Å²) in [6, 6.07) is 10.2. The van der Waals surface area contributed by atoms with Crippen molar-refractivity contribution in [2.45, 2.75) is 32.7 Å². The van der Waals surface area contributed by atoms with Crippen LogP contribution < -0.4 is 0 Å². The van der Waals surface area contributed by atoms with Gasteiger partial charge in [-0.3, -0.25) is 4.90 Å². The molecule has 1 saturated heterocycles. The van der Waals surface area contributed by atoms with Crippen LogP contribution in [0.4, 0.5) is 0 Å². The summed E-state index contributed by atoms with van der Waals surface area (Å²) in [7, 11) is 0. The molecule has 0 spiro atoms. The van der Waals surface area contributed by atoms with Gasteiger partial charge in [0.1, 0.15) is 5.69 Å². The number of hydrogen-bond donors (Lipinski definition) is 0. The highest BCUT2D eigenvalue weighted by Gasteiger charge is 2.24. The molecule has 0 N–H and O–H groups in total. The Kier molecular flexibility index (Phi) is 4.98. The Labute approximate surface area is 137 Å².